The van der Waals surface area contributed by atoms with Crippen LogP contribution < -0.4 is 0 Å². The van der Waals surface area contributed by atoms with Gasteiger partial charge in [0.05, 0.1) is 6.26 Å². The summed E-state index contributed by atoms with van der Waals surface area (Å²) in [6, 6.07) is 0. The van der Waals surface area contributed by atoms with Crippen LogP contribution in [0.5, 0.6) is 0 Å². The molecule has 6 heteroatoms. The molecule has 0 aromatic rings. The van der Waals surface area contributed by atoms with Crippen LogP contribution in [0.1, 0.15) is 84.0 Å². The van der Waals surface area contributed by atoms with Crippen LogP contribution in [0.2, 0.25) is 0 Å². The van der Waals surface area contributed by atoms with Gasteiger partial charge >= 0.3 is 0 Å². The van der Waals surface area contributed by atoms with E-state index in [9.17, 15) is 13.0 Å². The van der Waals surface area contributed by atoms with Gasteiger partial charge in [-0.15, -0.1) is 0 Å². The summed E-state index contributed by atoms with van der Waals surface area (Å²) in [5.74, 6) is 0.997. The van der Waals surface area contributed by atoms with Gasteiger partial charge in [0.25, 0.3) is 0 Å². The zero-order valence-electron chi connectivity index (χ0n) is 14.3. The zero-order chi connectivity index (χ0) is 16.7. The topological polar surface area (TPSA) is 66.4 Å². The zero-order valence-corrected chi connectivity index (χ0v) is 16.0. The second-order valence-electron chi connectivity index (χ2n) is 6.02. The van der Waals surface area contributed by atoms with Crippen LogP contribution >= 0.6 is 0 Å². The molecule has 0 fully saturated rings. The van der Waals surface area contributed by atoms with Crippen molar-refractivity contribution < 1.29 is 17.2 Å². The van der Waals surface area contributed by atoms with E-state index < -0.39 is 10.4 Å². The Morgan fingerprint density at radius 2 is 1.23 bits per heavy atom. The molecule has 0 N–H and O–H groups in total. The molecule has 22 heavy (non-hydrogen) atoms. The fourth-order valence-electron chi connectivity index (χ4n) is 2.39. The van der Waals surface area contributed by atoms with Crippen molar-refractivity contribution in [2.45, 2.75) is 84.0 Å². The molecular weight excluding hydrogens is 320 g/mol. The molecule has 0 aromatic heterocycles. The average molecular weight is 355 g/mol. The summed E-state index contributed by atoms with van der Waals surface area (Å²) in [5, 5.41) is 0. The lowest BCUT2D eigenvalue weighted by Crippen LogP contribution is -2.16. The maximum atomic E-state index is 10.3. The lowest BCUT2D eigenvalue weighted by molar-refractivity contribution is 0.302. The Bertz CT molecular complexity index is 331. The third-order valence-corrected chi connectivity index (χ3v) is 5.80. The number of hydrogen-bond acceptors (Lipinski definition) is 4. The lowest BCUT2D eigenvalue weighted by atomic mass is 10.1. The van der Waals surface area contributed by atoms with Crippen molar-refractivity contribution in [3.05, 3.63) is 0 Å². The summed E-state index contributed by atoms with van der Waals surface area (Å²) in [4.78, 5) is 0. The first-order valence-electron chi connectivity index (χ1n) is 8.65. The Morgan fingerprint density at radius 3 is 1.64 bits per heavy atom. The summed E-state index contributed by atoms with van der Waals surface area (Å²) < 4.78 is 35.3. The summed E-state index contributed by atoms with van der Waals surface area (Å²) in [5.41, 5.74) is 0. The van der Waals surface area contributed by atoms with Crippen molar-refractivity contribution in [3.8, 4) is 0 Å². The molecular formula is C16H34O4S2. The predicted molar refractivity (Wildman–Crippen MR) is 94.9 cm³/mol. The molecule has 0 radical (unpaired) electrons. The SMILES string of the molecule is CCCCCCCCCCCCCC[S+](C)COS(=O)(=O)[O-]. The predicted octanol–water partition coefficient (Wildman–Crippen LogP) is 4.37. The molecule has 1 atom stereocenters. The van der Waals surface area contributed by atoms with Gasteiger partial charge < -0.3 is 4.55 Å². The maximum absolute atomic E-state index is 10.3. The Balaban J connectivity index is 3.20. The van der Waals surface area contributed by atoms with Gasteiger partial charge in [-0.1, -0.05) is 71.1 Å². The molecule has 1 unspecified atom stereocenters. The highest BCUT2D eigenvalue weighted by Gasteiger charge is 2.12. The van der Waals surface area contributed by atoms with Crippen molar-refractivity contribution in [2.24, 2.45) is 0 Å². The monoisotopic (exact) mass is 354 g/mol. The van der Waals surface area contributed by atoms with Crippen molar-refractivity contribution in [3.63, 3.8) is 0 Å². The van der Waals surface area contributed by atoms with Crippen molar-refractivity contribution in [2.75, 3.05) is 17.9 Å². The Morgan fingerprint density at radius 1 is 0.818 bits per heavy atom. The van der Waals surface area contributed by atoms with Gasteiger partial charge in [-0.05, 0) is 12.8 Å². The van der Waals surface area contributed by atoms with Crippen LogP contribution in [-0.4, -0.2) is 30.9 Å². The van der Waals surface area contributed by atoms with Crippen molar-refractivity contribution in [1.82, 2.24) is 0 Å². The third kappa shape index (κ3) is 18.3. The molecule has 0 heterocycles. The molecule has 134 valence electrons. The summed E-state index contributed by atoms with van der Waals surface area (Å²) >= 11 is 0. The molecule has 4 nitrogen and oxygen atoms in total. The van der Waals surface area contributed by atoms with Gasteiger partial charge in [-0.2, -0.15) is 0 Å². The minimum atomic E-state index is -4.52. The molecule has 0 aliphatic rings. The van der Waals surface area contributed by atoms with E-state index in [0.717, 1.165) is 12.2 Å². The quantitative estimate of drug-likeness (QED) is 0.179. The highest BCUT2D eigenvalue weighted by Crippen LogP contribution is 2.12. The number of rotatable bonds is 16. The van der Waals surface area contributed by atoms with E-state index in [0.29, 0.717) is 0 Å². The Hall–Kier alpha value is 0.220. The van der Waals surface area contributed by atoms with Gasteiger partial charge in [-0.3, -0.25) is 0 Å². The molecule has 0 aliphatic heterocycles. The van der Waals surface area contributed by atoms with E-state index in [2.05, 4.69) is 11.1 Å². The molecule has 0 spiro atoms. The van der Waals surface area contributed by atoms with Crippen molar-refractivity contribution in [1.29, 1.82) is 0 Å². The highest BCUT2D eigenvalue weighted by molar-refractivity contribution is 7.96. The Labute approximate surface area is 140 Å². The average Bonchev–Trinajstić information content (AvgIpc) is 2.45. The largest absolute Gasteiger partial charge is 0.725 e. The summed E-state index contributed by atoms with van der Waals surface area (Å²) in [6.07, 6.45) is 17.8. The molecule has 0 amide bonds. The molecule has 0 rings (SSSR count). The first kappa shape index (κ1) is 22.2. The van der Waals surface area contributed by atoms with E-state index in [-0.39, 0.29) is 16.8 Å². The maximum Gasteiger partial charge on any atom is 0.223 e. The van der Waals surface area contributed by atoms with Crippen LogP contribution in [0.25, 0.3) is 0 Å². The van der Waals surface area contributed by atoms with E-state index in [1.807, 2.05) is 6.26 Å². The summed E-state index contributed by atoms with van der Waals surface area (Å²) in [6.45, 7) is 2.25. The van der Waals surface area contributed by atoms with Gasteiger partial charge in [-0.25, -0.2) is 12.6 Å². The first-order valence-corrected chi connectivity index (χ1v) is 12.0. The number of unbranched alkanes of at least 4 members (excludes halogenated alkanes) is 11. The fourth-order valence-corrected chi connectivity index (χ4v) is 4.33. The van der Waals surface area contributed by atoms with Crippen LogP contribution in [-0.2, 0) is 25.5 Å². The van der Waals surface area contributed by atoms with Crippen molar-refractivity contribution >= 4 is 21.3 Å². The molecule has 0 bridgehead atoms. The number of hydrogen-bond donors (Lipinski definition) is 0. The van der Waals surface area contributed by atoms with Gasteiger partial charge in [0, 0.05) is 10.9 Å². The molecule has 0 aliphatic carbocycles. The van der Waals surface area contributed by atoms with E-state index in [1.165, 1.54) is 70.6 Å². The van der Waals surface area contributed by atoms with Gasteiger partial charge in [0.2, 0.25) is 16.3 Å². The second kappa shape index (κ2) is 14.8. The van der Waals surface area contributed by atoms with Crippen LogP contribution in [0.3, 0.4) is 0 Å². The molecule has 0 aromatic carbocycles. The van der Waals surface area contributed by atoms with E-state index >= 15 is 0 Å². The minimum absolute atomic E-state index is 0.0455. The second-order valence-corrected chi connectivity index (χ2v) is 9.28. The smallest absolute Gasteiger partial charge is 0.223 e. The fraction of sp³-hybridized carbons (Fsp3) is 1.00. The minimum Gasteiger partial charge on any atom is -0.725 e. The lowest BCUT2D eigenvalue weighted by Gasteiger charge is -2.07. The first-order chi connectivity index (χ1) is 10.5. The van der Waals surface area contributed by atoms with Gasteiger partial charge in [0.1, 0.15) is 5.75 Å². The Kier molecular flexibility index (Phi) is 14.9. The molecule has 0 saturated heterocycles. The normalized spacial score (nSPS) is 13.4. The van der Waals surface area contributed by atoms with Crippen LogP contribution in [0.15, 0.2) is 0 Å². The van der Waals surface area contributed by atoms with Gasteiger partial charge in [0.15, 0.2) is 0 Å². The van der Waals surface area contributed by atoms with Crippen LogP contribution in [0, 0.1) is 0 Å². The standard InChI is InChI=1S/C16H34O4S2/c1-3-4-5-6-7-8-9-10-11-12-13-14-15-21(2)16-20-22(17,18)19/h3-16H2,1-2H3. The third-order valence-electron chi connectivity index (χ3n) is 3.74. The van der Waals surface area contributed by atoms with E-state index in [1.54, 1.807) is 0 Å². The summed E-state index contributed by atoms with van der Waals surface area (Å²) in [7, 11) is -4.65. The van der Waals surface area contributed by atoms with Crippen LogP contribution in [0.4, 0.5) is 0 Å². The molecule has 0 saturated carbocycles. The van der Waals surface area contributed by atoms with E-state index in [4.69, 9.17) is 0 Å². The highest BCUT2D eigenvalue weighted by atomic mass is 32.3.